The molecule has 0 atom stereocenters. The summed E-state index contributed by atoms with van der Waals surface area (Å²) < 4.78 is 0. The molecule has 1 nitrogen and oxygen atoms in total. The second kappa shape index (κ2) is 7.69. The van der Waals surface area contributed by atoms with E-state index >= 15 is 0 Å². The topological polar surface area (TPSA) is 17.1 Å². The van der Waals surface area contributed by atoms with Crippen molar-refractivity contribution in [2.75, 3.05) is 5.33 Å². The van der Waals surface area contributed by atoms with Crippen molar-refractivity contribution in [3.05, 3.63) is 41.6 Å². The molecule has 0 aromatic heterocycles. The van der Waals surface area contributed by atoms with Gasteiger partial charge in [-0.3, -0.25) is 4.79 Å². The van der Waals surface area contributed by atoms with Gasteiger partial charge in [0, 0.05) is 5.33 Å². The summed E-state index contributed by atoms with van der Waals surface area (Å²) in [5.74, 6) is 0. The number of halogens is 1. The molecule has 0 aliphatic heterocycles. The van der Waals surface area contributed by atoms with Gasteiger partial charge in [0.15, 0.2) is 0 Å². The first kappa shape index (κ1) is 15.4. The first-order valence-electron chi connectivity index (χ1n) is 6.38. The third-order valence-corrected chi connectivity index (χ3v) is 6.54. The Kier molecular flexibility index (Phi) is 6.58. The number of hydrogen-bond acceptors (Lipinski definition) is 1. The maximum absolute atomic E-state index is 11.2. The van der Waals surface area contributed by atoms with Gasteiger partial charge < -0.3 is 0 Å². The van der Waals surface area contributed by atoms with Crippen LogP contribution in [0.25, 0.3) is 0 Å². The first-order valence-corrected chi connectivity index (χ1v) is 10.6. The second-order valence-electron chi connectivity index (χ2n) is 5.07. The molecule has 1 aromatic rings. The van der Waals surface area contributed by atoms with Crippen molar-refractivity contribution < 1.29 is 4.79 Å². The SMILES string of the molecule is C[Si](C)(/C=C(\C=O)CCCCBr)c1ccccc1. The van der Waals surface area contributed by atoms with Gasteiger partial charge in [0.1, 0.15) is 14.4 Å². The number of aldehydes is 1. The van der Waals surface area contributed by atoms with Crippen LogP contribution >= 0.6 is 15.9 Å². The molecule has 0 bridgehead atoms. The largest absolute Gasteiger partial charge is 0.298 e. The van der Waals surface area contributed by atoms with E-state index in [4.69, 9.17) is 0 Å². The lowest BCUT2D eigenvalue weighted by Crippen LogP contribution is -2.39. The highest BCUT2D eigenvalue weighted by Gasteiger charge is 2.20. The fourth-order valence-corrected chi connectivity index (χ4v) is 4.76. The monoisotopic (exact) mass is 324 g/mol. The molecule has 0 unspecified atom stereocenters. The van der Waals surface area contributed by atoms with Crippen molar-refractivity contribution >= 4 is 35.5 Å². The molecule has 0 radical (unpaired) electrons. The summed E-state index contributed by atoms with van der Waals surface area (Å²) in [5, 5.41) is 2.39. The van der Waals surface area contributed by atoms with Crippen LogP contribution in [0.15, 0.2) is 41.6 Å². The quantitative estimate of drug-likeness (QED) is 0.245. The molecule has 0 fully saturated rings. The second-order valence-corrected chi connectivity index (χ2v) is 10.2. The minimum absolute atomic E-state index is 0.901. The first-order chi connectivity index (χ1) is 8.60. The average molecular weight is 325 g/mol. The van der Waals surface area contributed by atoms with Gasteiger partial charge in [-0.25, -0.2) is 0 Å². The minimum atomic E-state index is -1.63. The Balaban J connectivity index is 2.80. The van der Waals surface area contributed by atoms with E-state index in [-0.39, 0.29) is 0 Å². The summed E-state index contributed by atoms with van der Waals surface area (Å²) in [5.41, 5.74) is 3.21. The zero-order chi connectivity index (χ0) is 13.4. The van der Waals surface area contributed by atoms with Crippen LogP contribution in [0.2, 0.25) is 13.1 Å². The van der Waals surface area contributed by atoms with Gasteiger partial charge in [-0.1, -0.05) is 70.2 Å². The highest BCUT2D eigenvalue weighted by Crippen LogP contribution is 2.12. The summed E-state index contributed by atoms with van der Waals surface area (Å²) in [7, 11) is -1.63. The summed E-state index contributed by atoms with van der Waals surface area (Å²) in [4.78, 5) is 11.2. The van der Waals surface area contributed by atoms with E-state index in [1.165, 1.54) is 5.19 Å². The van der Waals surface area contributed by atoms with E-state index in [0.29, 0.717) is 0 Å². The van der Waals surface area contributed by atoms with E-state index in [1.54, 1.807) is 0 Å². The van der Waals surface area contributed by atoms with Crippen LogP contribution in [-0.4, -0.2) is 19.7 Å². The Morgan fingerprint density at radius 2 is 1.89 bits per heavy atom. The fraction of sp³-hybridized carbons (Fsp3) is 0.400. The van der Waals surface area contributed by atoms with E-state index < -0.39 is 8.07 Å². The van der Waals surface area contributed by atoms with Crippen molar-refractivity contribution in [1.82, 2.24) is 0 Å². The molecule has 3 heteroatoms. The molecule has 1 aromatic carbocycles. The van der Waals surface area contributed by atoms with Crippen LogP contribution in [0.4, 0.5) is 0 Å². The molecular formula is C15H21BrOSi. The van der Waals surface area contributed by atoms with Crippen molar-refractivity contribution in [3.8, 4) is 0 Å². The number of rotatable bonds is 7. The highest BCUT2D eigenvalue weighted by atomic mass is 79.9. The average Bonchev–Trinajstić information content (AvgIpc) is 2.38. The predicted molar refractivity (Wildman–Crippen MR) is 85.4 cm³/mol. The number of alkyl halides is 1. The Morgan fingerprint density at radius 3 is 2.44 bits per heavy atom. The maximum atomic E-state index is 11.2. The Morgan fingerprint density at radius 1 is 1.22 bits per heavy atom. The van der Waals surface area contributed by atoms with Crippen molar-refractivity contribution in [3.63, 3.8) is 0 Å². The summed E-state index contributed by atoms with van der Waals surface area (Å²) in [6.07, 6.45) is 4.14. The smallest absolute Gasteiger partial charge is 0.145 e. The van der Waals surface area contributed by atoms with Gasteiger partial charge in [0.05, 0.1) is 0 Å². The van der Waals surface area contributed by atoms with Gasteiger partial charge in [-0.15, -0.1) is 0 Å². The van der Waals surface area contributed by atoms with Crippen molar-refractivity contribution in [2.45, 2.75) is 32.4 Å². The number of allylic oxidation sites excluding steroid dienone is 1. The summed E-state index contributed by atoms with van der Waals surface area (Å²) in [6.45, 7) is 4.58. The normalized spacial score (nSPS) is 12.5. The standard InChI is InChI=1S/C15H21BrOSi/c1-18(2,15-9-4-3-5-10-15)13-14(12-17)8-6-7-11-16/h3-5,9-10,12-13H,6-8,11H2,1-2H3/b14-13-. The Bertz CT molecular complexity index is 398. The predicted octanol–water partition coefficient (Wildman–Crippen LogP) is 3.83. The van der Waals surface area contributed by atoms with Gasteiger partial charge in [-0.05, 0) is 24.8 Å². The molecule has 0 N–H and O–H groups in total. The van der Waals surface area contributed by atoms with Crippen LogP contribution < -0.4 is 5.19 Å². The molecule has 0 spiro atoms. The molecular weight excluding hydrogens is 304 g/mol. The van der Waals surface area contributed by atoms with Gasteiger partial charge >= 0.3 is 0 Å². The van der Waals surface area contributed by atoms with Crippen LogP contribution in [-0.2, 0) is 4.79 Å². The van der Waals surface area contributed by atoms with E-state index in [9.17, 15) is 4.79 Å². The van der Waals surface area contributed by atoms with Crippen molar-refractivity contribution in [1.29, 1.82) is 0 Å². The molecule has 0 amide bonds. The highest BCUT2D eigenvalue weighted by molar-refractivity contribution is 9.09. The molecule has 0 heterocycles. The van der Waals surface area contributed by atoms with Gasteiger partial charge in [0.25, 0.3) is 0 Å². The summed E-state index contributed by atoms with van der Waals surface area (Å²) >= 11 is 3.42. The van der Waals surface area contributed by atoms with E-state index in [2.05, 4.69) is 59.0 Å². The number of benzene rings is 1. The number of carbonyl (C=O) groups is 1. The lowest BCUT2D eigenvalue weighted by atomic mass is 10.1. The fourth-order valence-electron chi connectivity index (χ4n) is 2.00. The minimum Gasteiger partial charge on any atom is -0.298 e. The van der Waals surface area contributed by atoms with E-state index in [0.717, 1.165) is 36.5 Å². The zero-order valence-electron chi connectivity index (χ0n) is 11.2. The molecule has 0 aliphatic rings. The molecule has 0 aliphatic carbocycles. The Hall–Kier alpha value is -0.673. The lowest BCUT2D eigenvalue weighted by Gasteiger charge is -2.19. The number of carbonyl (C=O) groups excluding carboxylic acids is 1. The zero-order valence-corrected chi connectivity index (χ0v) is 13.7. The third kappa shape index (κ3) is 4.90. The van der Waals surface area contributed by atoms with Crippen LogP contribution in [0.3, 0.4) is 0 Å². The van der Waals surface area contributed by atoms with Gasteiger partial charge in [0.2, 0.25) is 0 Å². The van der Waals surface area contributed by atoms with Crippen LogP contribution in [0.1, 0.15) is 19.3 Å². The molecule has 0 saturated carbocycles. The molecule has 18 heavy (non-hydrogen) atoms. The number of hydrogen-bond donors (Lipinski definition) is 0. The van der Waals surface area contributed by atoms with Crippen molar-refractivity contribution in [2.24, 2.45) is 0 Å². The van der Waals surface area contributed by atoms with Gasteiger partial charge in [-0.2, -0.15) is 0 Å². The third-order valence-electron chi connectivity index (χ3n) is 3.06. The summed E-state index contributed by atoms with van der Waals surface area (Å²) in [6, 6.07) is 10.5. The maximum Gasteiger partial charge on any atom is 0.145 e. The molecule has 1 rings (SSSR count). The lowest BCUT2D eigenvalue weighted by molar-refractivity contribution is -0.105. The molecule has 98 valence electrons. The Labute approximate surface area is 119 Å². The van der Waals surface area contributed by atoms with Crippen LogP contribution in [0.5, 0.6) is 0 Å². The van der Waals surface area contributed by atoms with E-state index in [1.807, 2.05) is 6.07 Å². The number of unbranched alkanes of at least 4 members (excludes halogenated alkanes) is 1. The van der Waals surface area contributed by atoms with Crippen LogP contribution in [0, 0.1) is 0 Å². The molecule has 0 saturated heterocycles.